The van der Waals surface area contributed by atoms with Crippen LogP contribution in [0.4, 0.5) is 11.4 Å². The number of hydrogen-bond donors (Lipinski definition) is 1. The molecule has 0 spiro atoms. The van der Waals surface area contributed by atoms with E-state index in [4.69, 9.17) is 4.74 Å². The first kappa shape index (κ1) is 14.7. The minimum atomic E-state index is -0.432. The molecular formula is C13H17BrN4O3. The molecule has 2 fully saturated rings. The number of fused-ring (bicyclic) bond motifs is 1. The Labute approximate surface area is 131 Å². The van der Waals surface area contributed by atoms with Gasteiger partial charge in [-0.25, -0.2) is 0 Å². The molecule has 0 aliphatic carbocycles. The highest BCUT2D eigenvalue weighted by Crippen LogP contribution is 2.31. The lowest BCUT2D eigenvalue weighted by molar-refractivity contribution is -0.384. The summed E-state index contributed by atoms with van der Waals surface area (Å²) in [5.74, 6) is 0. The molecule has 2 aliphatic rings. The summed E-state index contributed by atoms with van der Waals surface area (Å²) in [6, 6.07) is 0.559. The lowest BCUT2D eigenvalue weighted by Gasteiger charge is -2.35. The number of hydrogen-bond acceptors (Lipinski definition) is 6. The number of nitro groups is 1. The molecule has 3 rings (SSSR count). The second-order valence-corrected chi connectivity index (χ2v) is 6.25. The molecule has 8 heteroatoms. The maximum Gasteiger partial charge on any atom is 0.311 e. The van der Waals surface area contributed by atoms with Gasteiger partial charge in [0.2, 0.25) is 0 Å². The highest BCUT2D eigenvalue weighted by Gasteiger charge is 2.32. The highest BCUT2D eigenvalue weighted by molar-refractivity contribution is 9.10. The third-order valence-corrected chi connectivity index (χ3v) is 4.65. The lowest BCUT2D eigenvalue weighted by atomic mass is 10.2. The van der Waals surface area contributed by atoms with Crippen LogP contribution in [-0.4, -0.2) is 53.2 Å². The van der Waals surface area contributed by atoms with E-state index in [-0.39, 0.29) is 11.8 Å². The maximum absolute atomic E-state index is 11.0. The van der Waals surface area contributed by atoms with E-state index in [1.807, 2.05) is 0 Å². The Hall–Kier alpha value is -1.25. The van der Waals surface area contributed by atoms with Gasteiger partial charge in [-0.3, -0.25) is 20.0 Å². The molecule has 2 saturated heterocycles. The summed E-state index contributed by atoms with van der Waals surface area (Å²) >= 11 is 3.30. The summed E-state index contributed by atoms with van der Waals surface area (Å²) < 4.78 is 6.44. The molecule has 0 amide bonds. The largest absolute Gasteiger partial charge is 0.376 e. The fraction of sp³-hybridized carbons (Fsp3) is 0.615. The fourth-order valence-electron chi connectivity index (χ4n) is 2.96. The van der Waals surface area contributed by atoms with Gasteiger partial charge in [0, 0.05) is 25.3 Å². The minimum absolute atomic E-state index is 0.0285. The van der Waals surface area contributed by atoms with Crippen LogP contribution in [0.2, 0.25) is 0 Å². The van der Waals surface area contributed by atoms with Crippen LogP contribution in [0.15, 0.2) is 16.9 Å². The standard InChI is InChI=1S/C13H17BrN4O3/c14-11-5-15-6-12(18(19)20)13(11)16-4-10-7-17-3-1-2-9(17)8-21-10/h5-6,9-10H,1-4,7-8H2,(H,15,16). The van der Waals surface area contributed by atoms with Crippen molar-refractivity contribution in [3.8, 4) is 0 Å². The van der Waals surface area contributed by atoms with E-state index in [0.29, 0.717) is 22.7 Å². The number of aromatic nitrogens is 1. The molecule has 21 heavy (non-hydrogen) atoms. The van der Waals surface area contributed by atoms with Crippen molar-refractivity contribution in [1.29, 1.82) is 0 Å². The van der Waals surface area contributed by atoms with E-state index < -0.39 is 4.92 Å². The van der Waals surface area contributed by atoms with Gasteiger partial charge < -0.3 is 10.1 Å². The number of ether oxygens (including phenoxy) is 1. The lowest BCUT2D eigenvalue weighted by Crippen LogP contribution is -2.48. The summed E-state index contributed by atoms with van der Waals surface area (Å²) in [4.78, 5) is 16.9. The fourth-order valence-corrected chi connectivity index (χ4v) is 3.42. The van der Waals surface area contributed by atoms with Gasteiger partial charge in [0.15, 0.2) is 0 Å². The number of morpholine rings is 1. The summed E-state index contributed by atoms with van der Waals surface area (Å²) in [7, 11) is 0. The zero-order valence-electron chi connectivity index (χ0n) is 11.5. The number of anilines is 1. The average Bonchev–Trinajstić information content (AvgIpc) is 2.93. The molecule has 0 radical (unpaired) electrons. The van der Waals surface area contributed by atoms with Gasteiger partial charge in [-0.1, -0.05) is 0 Å². The summed E-state index contributed by atoms with van der Waals surface area (Å²) in [6.45, 7) is 3.32. The van der Waals surface area contributed by atoms with Crippen LogP contribution < -0.4 is 5.32 Å². The molecule has 3 heterocycles. The number of nitrogens with one attached hydrogen (secondary N) is 1. The van der Waals surface area contributed by atoms with Gasteiger partial charge in [-0.2, -0.15) is 0 Å². The molecule has 7 nitrogen and oxygen atoms in total. The van der Waals surface area contributed by atoms with Crippen LogP contribution in [-0.2, 0) is 4.74 Å². The van der Waals surface area contributed by atoms with Crippen LogP contribution in [0.3, 0.4) is 0 Å². The van der Waals surface area contributed by atoms with Gasteiger partial charge in [-0.15, -0.1) is 0 Å². The summed E-state index contributed by atoms with van der Waals surface area (Å²) in [6.07, 6.45) is 5.30. The SMILES string of the molecule is O=[N+]([O-])c1cncc(Br)c1NCC1CN2CCCC2CO1. The summed E-state index contributed by atoms with van der Waals surface area (Å²) in [5, 5.41) is 14.2. The Bertz CT molecular complexity index is 542. The van der Waals surface area contributed by atoms with Crippen molar-refractivity contribution in [2.24, 2.45) is 0 Å². The van der Waals surface area contributed by atoms with Gasteiger partial charge in [0.25, 0.3) is 0 Å². The highest BCUT2D eigenvalue weighted by atomic mass is 79.9. The van der Waals surface area contributed by atoms with Crippen molar-refractivity contribution in [2.45, 2.75) is 25.0 Å². The molecule has 114 valence electrons. The van der Waals surface area contributed by atoms with Crippen molar-refractivity contribution in [3.63, 3.8) is 0 Å². The smallest absolute Gasteiger partial charge is 0.311 e. The Morgan fingerprint density at radius 2 is 2.43 bits per heavy atom. The molecule has 0 aromatic carbocycles. The predicted molar refractivity (Wildman–Crippen MR) is 81.4 cm³/mol. The minimum Gasteiger partial charge on any atom is -0.376 e. The second kappa shape index (κ2) is 6.25. The first-order chi connectivity index (χ1) is 10.1. The van der Waals surface area contributed by atoms with Gasteiger partial charge in [0.1, 0.15) is 11.9 Å². The summed E-state index contributed by atoms with van der Waals surface area (Å²) in [5.41, 5.74) is 0.432. The normalized spacial score (nSPS) is 25.6. The van der Waals surface area contributed by atoms with E-state index in [2.05, 4.69) is 31.1 Å². The van der Waals surface area contributed by atoms with Crippen LogP contribution in [0.5, 0.6) is 0 Å². The van der Waals surface area contributed by atoms with Crippen LogP contribution in [0.1, 0.15) is 12.8 Å². The predicted octanol–water partition coefficient (Wildman–Crippen LogP) is 2.03. The van der Waals surface area contributed by atoms with Crippen molar-refractivity contribution in [3.05, 3.63) is 27.0 Å². The van der Waals surface area contributed by atoms with Crippen LogP contribution in [0.25, 0.3) is 0 Å². The van der Waals surface area contributed by atoms with E-state index in [0.717, 1.165) is 19.7 Å². The average molecular weight is 357 g/mol. The van der Waals surface area contributed by atoms with E-state index in [1.54, 1.807) is 6.20 Å². The van der Waals surface area contributed by atoms with Crippen LogP contribution in [0, 0.1) is 10.1 Å². The van der Waals surface area contributed by atoms with Crippen molar-refractivity contribution < 1.29 is 9.66 Å². The van der Waals surface area contributed by atoms with E-state index in [9.17, 15) is 10.1 Å². The third kappa shape index (κ3) is 3.17. The Morgan fingerprint density at radius 3 is 3.24 bits per heavy atom. The topological polar surface area (TPSA) is 80.5 Å². The molecule has 1 N–H and O–H groups in total. The molecule has 2 unspecified atom stereocenters. The quantitative estimate of drug-likeness (QED) is 0.656. The Balaban J connectivity index is 1.64. The molecule has 0 bridgehead atoms. The molecule has 2 aliphatic heterocycles. The second-order valence-electron chi connectivity index (χ2n) is 5.40. The van der Waals surface area contributed by atoms with Gasteiger partial charge in [-0.05, 0) is 35.3 Å². The van der Waals surface area contributed by atoms with Crippen molar-refractivity contribution in [1.82, 2.24) is 9.88 Å². The van der Waals surface area contributed by atoms with Gasteiger partial charge in [0.05, 0.1) is 22.1 Å². The number of pyridine rings is 1. The Morgan fingerprint density at radius 1 is 1.57 bits per heavy atom. The number of rotatable bonds is 4. The zero-order chi connectivity index (χ0) is 14.8. The number of nitrogens with zero attached hydrogens (tertiary/aromatic N) is 3. The van der Waals surface area contributed by atoms with Gasteiger partial charge >= 0.3 is 5.69 Å². The third-order valence-electron chi connectivity index (χ3n) is 4.04. The maximum atomic E-state index is 11.0. The zero-order valence-corrected chi connectivity index (χ0v) is 13.1. The van der Waals surface area contributed by atoms with E-state index >= 15 is 0 Å². The monoisotopic (exact) mass is 356 g/mol. The van der Waals surface area contributed by atoms with Crippen molar-refractivity contribution in [2.75, 3.05) is 31.6 Å². The first-order valence-electron chi connectivity index (χ1n) is 7.02. The van der Waals surface area contributed by atoms with E-state index in [1.165, 1.54) is 19.0 Å². The number of halogens is 1. The van der Waals surface area contributed by atoms with Crippen LogP contribution >= 0.6 is 15.9 Å². The molecular weight excluding hydrogens is 340 g/mol. The molecule has 1 aromatic rings. The van der Waals surface area contributed by atoms with Crippen molar-refractivity contribution >= 4 is 27.3 Å². The molecule has 2 atom stereocenters. The Kier molecular flexibility index (Phi) is 4.37. The molecule has 1 aromatic heterocycles. The first-order valence-corrected chi connectivity index (χ1v) is 7.82. The molecule has 0 saturated carbocycles.